The second-order valence-corrected chi connectivity index (χ2v) is 7.73. The molecule has 0 saturated heterocycles. The average molecular weight is 378 g/mol. The van der Waals surface area contributed by atoms with Gasteiger partial charge in [0.05, 0.1) is 23.4 Å². The molecule has 1 amide bonds. The first-order valence-corrected chi connectivity index (χ1v) is 10.1. The standard InChI is InChI=1S/C22H22N2O2S/c1-26-19-11-6-16(7-12-19)14-24(18-9-10-18)22(25)15-27-21-13-8-17-4-2-3-5-20(17)23-21/h2-8,11-13,18H,9-10,14-15H2,1H3. The van der Waals surface area contributed by atoms with Crippen LogP contribution in [-0.2, 0) is 11.3 Å². The van der Waals surface area contributed by atoms with Crippen molar-refractivity contribution in [2.24, 2.45) is 0 Å². The number of rotatable bonds is 7. The van der Waals surface area contributed by atoms with Gasteiger partial charge in [-0.25, -0.2) is 4.98 Å². The minimum absolute atomic E-state index is 0.174. The lowest BCUT2D eigenvalue weighted by Crippen LogP contribution is -2.33. The number of fused-ring (bicyclic) bond motifs is 1. The van der Waals surface area contributed by atoms with Gasteiger partial charge >= 0.3 is 0 Å². The van der Waals surface area contributed by atoms with E-state index in [0.717, 1.165) is 40.1 Å². The fourth-order valence-electron chi connectivity index (χ4n) is 3.08. The fourth-order valence-corrected chi connectivity index (χ4v) is 3.85. The number of ether oxygens (including phenoxy) is 1. The first kappa shape index (κ1) is 17.9. The van der Waals surface area contributed by atoms with E-state index in [0.29, 0.717) is 18.3 Å². The first-order chi connectivity index (χ1) is 13.2. The Labute approximate surface area is 163 Å². The third-order valence-corrected chi connectivity index (χ3v) is 5.65. The number of hydrogen-bond donors (Lipinski definition) is 0. The van der Waals surface area contributed by atoms with Crippen molar-refractivity contribution in [2.45, 2.75) is 30.5 Å². The molecule has 1 aliphatic carbocycles. The third-order valence-electron chi connectivity index (χ3n) is 4.74. The molecule has 5 heteroatoms. The zero-order valence-electron chi connectivity index (χ0n) is 15.3. The van der Waals surface area contributed by atoms with Crippen LogP contribution in [0.1, 0.15) is 18.4 Å². The Bertz CT molecular complexity index is 938. The molecule has 1 heterocycles. The van der Waals surface area contributed by atoms with E-state index in [2.05, 4.69) is 11.1 Å². The molecule has 2 aromatic carbocycles. The average Bonchev–Trinajstić information content (AvgIpc) is 3.55. The van der Waals surface area contributed by atoms with Crippen LogP contribution in [0.15, 0.2) is 65.7 Å². The molecule has 4 rings (SSSR count). The van der Waals surface area contributed by atoms with Crippen LogP contribution in [0.5, 0.6) is 5.75 Å². The Kier molecular flexibility index (Phi) is 5.30. The van der Waals surface area contributed by atoms with Crippen LogP contribution in [0.3, 0.4) is 0 Å². The highest BCUT2D eigenvalue weighted by molar-refractivity contribution is 7.99. The van der Waals surface area contributed by atoms with Gasteiger partial charge in [0.2, 0.25) is 5.91 Å². The van der Waals surface area contributed by atoms with Crippen molar-refractivity contribution in [3.63, 3.8) is 0 Å². The van der Waals surface area contributed by atoms with Crippen molar-refractivity contribution in [1.29, 1.82) is 0 Å². The predicted molar refractivity (Wildman–Crippen MR) is 109 cm³/mol. The number of carbonyl (C=O) groups excluding carboxylic acids is 1. The van der Waals surface area contributed by atoms with Crippen LogP contribution < -0.4 is 4.74 Å². The number of carbonyl (C=O) groups is 1. The molecule has 1 saturated carbocycles. The Morgan fingerprint density at radius 3 is 2.63 bits per heavy atom. The molecule has 4 nitrogen and oxygen atoms in total. The summed E-state index contributed by atoms with van der Waals surface area (Å²) in [6, 6.07) is 20.4. The molecule has 0 radical (unpaired) electrons. The Balaban J connectivity index is 1.40. The molecule has 1 aromatic heterocycles. The highest BCUT2D eigenvalue weighted by Gasteiger charge is 2.32. The summed E-state index contributed by atoms with van der Waals surface area (Å²) in [7, 11) is 1.66. The number of hydrogen-bond acceptors (Lipinski definition) is 4. The van der Waals surface area contributed by atoms with Crippen molar-refractivity contribution in [3.8, 4) is 5.75 Å². The maximum absolute atomic E-state index is 12.8. The van der Waals surface area contributed by atoms with Gasteiger partial charge in [-0.1, -0.05) is 48.2 Å². The van der Waals surface area contributed by atoms with Crippen molar-refractivity contribution in [1.82, 2.24) is 9.88 Å². The minimum Gasteiger partial charge on any atom is -0.497 e. The van der Waals surface area contributed by atoms with E-state index in [1.54, 1.807) is 7.11 Å². The maximum atomic E-state index is 12.8. The monoisotopic (exact) mass is 378 g/mol. The summed E-state index contributed by atoms with van der Waals surface area (Å²) in [5.41, 5.74) is 2.09. The van der Waals surface area contributed by atoms with Crippen LogP contribution in [0.4, 0.5) is 0 Å². The van der Waals surface area contributed by atoms with E-state index in [1.807, 2.05) is 59.5 Å². The summed E-state index contributed by atoms with van der Waals surface area (Å²) in [6.45, 7) is 0.652. The summed E-state index contributed by atoms with van der Waals surface area (Å²) in [5, 5.41) is 2.01. The van der Waals surface area contributed by atoms with Crippen LogP contribution in [0, 0.1) is 0 Å². The molecular formula is C22H22N2O2S. The Morgan fingerprint density at radius 2 is 1.89 bits per heavy atom. The lowest BCUT2D eigenvalue weighted by atomic mass is 10.2. The van der Waals surface area contributed by atoms with Crippen LogP contribution in [-0.4, -0.2) is 34.7 Å². The maximum Gasteiger partial charge on any atom is 0.233 e. The smallest absolute Gasteiger partial charge is 0.233 e. The van der Waals surface area contributed by atoms with Gasteiger partial charge in [-0.2, -0.15) is 0 Å². The molecule has 1 fully saturated rings. The highest BCUT2D eigenvalue weighted by Crippen LogP contribution is 2.30. The zero-order chi connectivity index (χ0) is 18.6. The lowest BCUT2D eigenvalue weighted by molar-refractivity contribution is -0.129. The zero-order valence-corrected chi connectivity index (χ0v) is 16.1. The molecule has 0 unspecified atom stereocenters. The number of benzene rings is 2. The number of amides is 1. The molecule has 0 bridgehead atoms. The molecule has 1 aliphatic rings. The van der Waals surface area contributed by atoms with Crippen LogP contribution >= 0.6 is 11.8 Å². The number of methoxy groups -OCH3 is 1. The summed E-state index contributed by atoms with van der Waals surface area (Å²) < 4.78 is 5.21. The van der Waals surface area contributed by atoms with Gasteiger partial charge in [-0.05, 0) is 42.7 Å². The number of para-hydroxylation sites is 1. The summed E-state index contributed by atoms with van der Waals surface area (Å²) in [4.78, 5) is 19.5. The normalized spacial score (nSPS) is 13.5. The number of pyridine rings is 1. The minimum atomic E-state index is 0.174. The summed E-state index contributed by atoms with van der Waals surface area (Å²) in [6.07, 6.45) is 2.20. The fraction of sp³-hybridized carbons (Fsp3) is 0.273. The summed E-state index contributed by atoms with van der Waals surface area (Å²) in [5.74, 6) is 1.42. The topological polar surface area (TPSA) is 42.4 Å². The molecule has 27 heavy (non-hydrogen) atoms. The SMILES string of the molecule is COc1ccc(CN(C(=O)CSc2ccc3ccccc3n2)C2CC2)cc1. The van der Waals surface area contributed by atoms with Crippen LogP contribution in [0.2, 0.25) is 0 Å². The molecule has 0 atom stereocenters. The van der Waals surface area contributed by atoms with Gasteiger partial charge in [-0.15, -0.1) is 0 Å². The van der Waals surface area contributed by atoms with Gasteiger partial charge in [0.15, 0.2) is 0 Å². The van der Waals surface area contributed by atoms with Crippen molar-refractivity contribution < 1.29 is 9.53 Å². The van der Waals surface area contributed by atoms with E-state index >= 15 is 0 Å². The van der Waals surface area contributed by atoms with Crippen LogP contribution in [0.25, 0.3) is 10.9 Å². The van der Waals surface area contributed by atoms with Gasteiger partial charge in [0, 0.05) is 18.0 Å². The second kappa shape index (κ2) is 8.01. The Hall–Kier alpha value is -2.53. The number of aromatic nitrogens is 1. The number of thioether (sulfide) groups is 1. The molecule has 0 aliphatic heterocycles. The third kappa shape index (κ3) is 4.42. The lowest BCUT2D eigenvalue weighted by Gasteiger charge is -2.22. The van der Waals surface area contributed by atoms with Crippen molar-refractivity contribution >= 4 is 28.6 Å². The quantitative estimate of drug-likeness (QED) is 0.567. The van der Waals surface area contributed by atoms with Gasteiger partial charge in [0.1, 0.15) is 5.75 Å². The van der Waals surface area contributed by atoms with Gasteiger partial charge < -0.3 is 9.64 Å². The largest absolute Gasteiger partial charge is 0.497 e. The number of nitrogens with zero attached hydrogens (tertiary/aromatic N) is 2. The highest BCUT2D eigenvalue weighted by atomic mass is 32.2. The van der Waals surface area contributed by atoms with Gasteiger partial charge in [-0.3, -0.25) is 4.79 Å². The Morgan fingerprint density at radius 1 is 1.11 bits per heavy atom. The second-order valence-electron chi connectivity index (χ2n) is 6.73. The van der Waals surface area contributed by atoms with E-state index in [4.69, 9.17) is 4.74 Å². The van der Waals surface area contributed by atoms with E-state index in [-0.39, 0.29) is 5.91 Å². The predicted octanol–water partition coefficient (Wildman–Crippen LogP) is 4.53. The molecular weight excluding hydrogens is 356 g/mol. The molecule has 138 valence electrons. The van der Waals surface area contributed by atoms with Gasteiger partial charge in [0.25, 0.3) is 0 Å². The van der Waals surface area contributed by atoms with E-state index in [9.17, 15) is 4.79 Å². The van der Waals surface area contributed by atoms with E-state index in [1.165, 1.54) is 11.8 Å². The van der Waals surface area contributed by atoms with Crippen molar-refractivity contribution in [2.75, 3.05) is 12.9 Å². The first-order valence-electron chi connectivity index (χ1n) is 9.14. The van der Waals surface area contributed by atoms with E-state index < -0.39 is 0 Å². The van der Waals surface area contributed by atoms with Crippen molar-refractivity contribution in [3.05, 3.63) is 66.2 Å². The molecule has 3 aromatic rings. The molecule has 0 N–H and O–H groups in total. The summed E-state index contributed by atoms with van der Waals surface area (Å²) >= 11 is 1.51. The molecule has 0 spiro atoms.